The van der Waals surface area contributed by atoms with Gasteiger partial charge >= 0.3 is 5.97 Å². The number of amides is 1. The minimum absolute atomic E-state index is 0.0354. The Kier molecular flexibility index (Phi) is 3.87. The van der Waals surface area contributed by atoms with Crippen LogP contribution in [0.4, 0.5) is 0 Å². The van der Waals surface area contributed by atoms with Crippen LogP contribution in [0.15, 0.2) is 0 Å². The number of hydrogen-bond acceptors (Lipinski definition) is 3. The summed E-state index contributed by atoms with van der Waals surface area (Å²) in [4.78, 5) is 19.7. The van der Waals surface area contributed by atoms with Crippen molar-refractivity contribution in [1.82, 2.24) is 5.73 Å². The second-order valence-corrected chi connectivity index (χ2v) is 2.30. The highest BCUT2D eigenvalue weighted by Crippen LogP contribution is 1.96. The van der Waals surface area contributed by atoms with E-state index < -0.39 is 11.9 Å². The first-order chi connectivity index (χ1) is 4.13. The second-order valence-electron chi connectivity index (χ2n) is 1.31. The van der Waals surface area contributed by atoms with Crippen molar-refractivity contribution in [2.24, 2.45) is 0 Å². The van der Waals surface area contributed by atoms with Crippen LogP contribution < -0.4 is 5.73 Å². The molecule has 0 spiro atoms. The lowest BCUT2D eigenvalue weighted by Crippen LogP contribution is -2.05. The van der Waals surface area contributed by atoms with Crippen molar-refractivity contribution in [2.75, 3.05) is 11.5 Å². The lowest BCUT2D eigenvalue weighted by atomic mass is 10.8. The van der Waals surface area contributed by atoms with Crippen molar-refractivity contribution in [3.8, 4) is 0 Å². The summed E-state index contributed by atoms with van der Waals surface area (Å²) in [5.74, 6) is -1.83. The topological polar surface area (TPSA) is 78.2 Å². The molecule has 1 amide bonds. The summed E-state index contributed by atoms with van der Waals surface area (Å²) in [7, 11) is 0. The van der Waals surface area contributed by atoms with Gasteiger partial charge in [0.2, 0.25) is 5.91 Å². The van der Waals surface area contributed by atoms with Gasteiger partial charge in [0.25, 0.3) is 0 Å². The summed E-state index contributed by atoms with van der Waals surface area (Å²) >= 11 is 0.933. The van der Waals surface area contributed by atoms with E-state index >= 15 is 0 Å². The molecule has 0 aromatic carbocycles. The number of nitrogens with one attached hydrogen (secondary N) is 1. The third-order valence-corrected chi connectivity index (χ3v) is 1.38. The molecule has 0 aliphatic rings. The first-order valence-corrected chi connectivity index (χ1v) is 3.32. The summed E-state index contributed by atoms with van der Waals surface area (Å²) in [6, 6.07) is 0. The molecule has 0 aliphatic carbocycles. The summed E-state index contributed by atoms with van der Waals surface area (Å²) in [6.07, 6.45) is 0. The Morgan fingerprint density at radius 2 is 2.00 bits per heavy atom. The molecule has 9 heavy (non-hydrogen) atoms. The quantitative estimate of drug-likeness (QED) is 0.589. The smallest absolute Gasteiger partial charge is 0.313 e. The van der Waals surface area contributed by atoms with E-state index in [0.29, 0.717) is 0 Å². The molecule has 2 N–H and O–H groups in total. The van der Waals surface area contributed by atoms with Crippen LogP contribution in [-0.4, -0.2) is 28.5 Å². The van der Waals surface area contributed by atoms with Gasteiger partial charge in [0.15, 0.2) is 0 Å². The lowest BCUT2D eigenvalue weighted by Gasteiger charge is -1.89. The maximum absolute atomic E-state index is 9.88. The van der Waals surface area contributed by atoms with Crippen molar-refractivity contribution in [3.05, 3.63) is 0 Å². The fourth-order valence-electron chi connectivity index (χ4n) is 0.231. The normalized spacial score (nSPS) is 8.89. The van der Waals surface area contributed by atoms with Gasteiger partial charge < -0.3 is 5.11 Å². The molecule has 1 radical (unpaired) electrons. The summed E-state index contributed by atoms with van der Waals surface area (Å²) in [5.41, 5.74) is 6.37. The van der Waals surface area contributed by atoms with Crippen molar-refractivity contribution in [2.45, 2.75) is 0 Å². The average Bonchev–Trinajstić information content (AvgIpc) is 1.63. The third kappa shape index (κ3) is 7.29. The van der Waals surface area contributed by atoms with Crippen LogP contribution in [0, 0.1) is 0 Å². The molecule has 0 aromatic rings. The van der Waals surface area contributed by atoms with Crippen molar-refractivity contribution < 1.29 is 14.7 Å². The highest BCUT2D eigenvalue weighted by atomic mass is 32.2. The molecule has 0 rings (SSSR count). The molecule has 4 nitrogen and oxygen atoms in total. The number of hydrogen-bond donors (Lipinski definition) is 1. The van der Waals surface area contributed by atoms with Crippen LogP contribution in [0.5, 0.6) is 0 Å². The van der Waals surface area contributed by atoms with Gasteiger partial charge in [-0.2, -0.15) is 0 Å². The molecular formula is C4H6NO3S. The molecule has 0 aliphatic heterocycles. The highest BCUT2D eigenvalue weighted by Gasteiger charge is 1.98. The van der Waals surface area contributed by atoms with Crippen LogP contribution in [0.1, 0.15) is 0 Å². The van der Waals surface area contributed by atoms with E-state index in [0.717, 1.165) is 11.8 Å². The van der Waals surface area contributed by atoms with Crippen molar-refractivity contribution in [3.63, 3.8) is 0 Å². The fourth-order valence-corrected chi connectivity index (χ4v) is 0.693. The van der Waals surface area contributed by atoms with E-state index in [1.807, 2.05) is 0 Å². The average molecular weight is 148 g/mol. The van der Waals surface area contributed by atoms with Gasteiger partial charge in [-0.15, -0.1) is 11.8 Å². The minimum atomic E-state index is -0.957. The van der Waals surface area contributed by atoms with Crippen molar-refractivity contribution >= 4 is 23.6 Å². The summed E-state index contributed by atoms with van der Waals surface area (Å²) in [5, 5.41) is 8.03. The number of carboxylic acids is 1. The Balaban J connectivity index is 3.10. The third-order valence-electron chi connectivity index (χ3n) is 0.459. The van der Waals surface area contributed by atoms with Gasteiger partial charge in [0, 0.05) is 0 Å². The van der Waals surface area contributed by atoms with Gasteiger partial charge in [-0.1, -0.05) is 0 Å². The van der Waals surface area contributed by atoms with E-state index in [2.05, 4.69) is 0 Å². The molecule has 0 saturated carbocycles. The SMILES string of the molecule is [NH]C(=O)CSCC(=O)O. The predicted octanol–water partition coefficient (Wildman–Crippen LogP) is -0.386. The molecule has 0 bridgehead atoms. The molecule has 5 heteroatoms. The number of carboxylic acid groups (broad SMARTS) is 1. The summed E-state index contributed by atoms with van der Waals surface area (Å²) in [6.45, 7) is 0. The lowest BCUT2D eigenvalue weighted by molar-refractivity contribution is -0.133. The minimum Gasteiger partial charge on any atom is -0.481 e. The van der Waals surface area contributed by atoms with Crippen LogP contribution >= 0.6 is 11.8 Å². The molecular weight excluding hydrogens is 142 g/mol. The van der Waals surface area contributed by atoms with Crippen LogP contribution in [0.25, 0.3) is 0 Å². The molecule has 0 aromatic heterocycles. The number of rotatable bonds is 4. The van der Waals surface area contributed by atoms with E-state index in [-0.39, 0.29) is 11.5 Å². The molecule has 0 heterocycles. The van der Waals surface area contributed by atoms with Gasteiger partial charge in [-0.3, -0.25) is 15.3 Å². The second kappa shape index (κ2) is 4.20. The predicted molar refractivity (Wildman–Crippen MR) is 33.1 cm³/mol. The Hall–Kier alpha value is -0.710. The monoisotopic (exact) mass is 148 g/mol. The standard InChI is InChI=1S/C4H6NO3S/c5-3(6)1-9-2-4(7)8/h5H,1-2H2,(H,7,8). The van der Waals surface area contributed by atoms with Gasteiger partial charge in [0.05, 0.1) is 11.5 Å². The molecule has 51 valence electrons. The van der Waals surface area contributed by atoms with E-state index in [9.17, 15) is 9.59 Å². The zero-order chi connectivity index (χ0) is 7.28. The zero-order valence-corrected chi connectivity index (χ0v) is 5.40. The number of thioether (sulfide) groups is 1. The van der Waals surface area contributed by atoms with E-state index in [4.69, 9.17) is 10.8 Å². The molecule has 0 fully saturated rings. The van der Waals surface area contributed by atoms with E-state index in [1.54, 1.807) is 0 Å². The van der Waals surface area contributed by atoms with E-state index in [1.165, 1.54) is 0 Å². The first-order valence-electron chi connectivity index (χ1n) is 2.17. The molecule has 0 atom stereocenters. The van der Waals surface area contributed by atoms with Gasteiger partial charge in [-0.25, -0.2) is 0 Å². The maximum Gasteiger partial charge on any atom is 0.313 e. The molecule has 0 unspecified atom stereocenters. The Morgan fingerprint density at radius 3 is 2.33 bits per heavy atom. The van der Waals surface area contributed by atoms with Crippen LogP contribution in [-0.2, 0) is 9.59 Å². The number of carbonyl (C=O) groups is 2. The largest absolute Gasteiger partial charge is 0.481 e. The highest BCUT2D eigenvalue weighted by molar-refractivity contribution is 8.00. The van der Waals surface area contributed by atoms with Crippen LogP contribution in [0.3, 0.4) is 0 Å². The zero-order valence-electron chi connectivity index (χ0n) is 4.59. The Morgan fingerprint density at radius 1 is 1.44 bits per heavy atom. The van der Waals surface area contributed by atoms with Crippen molar-refractivity contribution in [1.29, 1.82) is 0 Å². The summed E-state index contributed by atoms with van der Waals surface area (Å²) < 4.78 is 0. The van der Waals surface area contributed by atoms with Gasteiger partial charge in [0.1, 0.15) is 0 Å². The molecule has 0 saturated heterocycles. The Bertz CT molecular complexity index is 111. The fraction of sp³-hybridized carbons (Fsp3) is 0.500. The number of carbonyl (C=O) groups excluding carboxylic acids is 1. The van der Waals surface area contributed by atoms with Crippen LogP contribution in [0.2, 0.25) is 0 Å². The Labute approximate surface area is 56.4 Å². The maximum atomic E-state index is 9.88. The van der Waals surface area contributed by atoms with Gasteiger partial charge in [-0.05, 0) is 0 Å². The first kappa shape index (κ1) is 8.29. The number of aliphatic carboxylic acids is 1.